The second-order valence-corrected chi connectivity index (χ2v) is 10.8. The lowest BCUT2D eigenvalue weighted by atomic mass is 10.3. The van der Waals surface area contributed by atoms with Gasteiger partial charge in [-0.05, 0) is 6.42 Å². The summed E-state index contributed by atoms with van der Waals surface area (Å²) >= 11 is 0. The molecule has 1 rings (SSSR count). The number of unbranched alkanes of at least 4 members (excludes halogenated alkanes) is 1. The van der Waals surface area contributed by atoms with Crippen LogP contribution in [0.2, 0.25) is 24.2 Å². The summed E-state index contributed by atoms with van der Waals surface area (Å²) in [5.74, 6) is 0. The van der Waals surface area contributed by atoms with Crippen LogP contribution in [0.1, 0.15) is 39.3 Å². The van der Waals surface area contributed by atoms with E-state index >= 15 is 0 Å². The van der Waals surface area contributed by atoms with Crippen molar-refractivity contribution in [2.24, 2.45) is 0 Å². The van der Waals surface area contributed by atoms with Crippen molar-refractivity contribution in [1.82, 2.24) is 0 Å². The van der Waals surface area contributed by atoms with E-state index in [1.165, 1.54) is 42.7 Å². The molecule has 0 aromatic carbocycles. The summed E-state index contributed by atoms with van der Waals surface area (Å²) in [6, 6.07) is 5.88. The van der Waals surface area contributed by atoms with E-state index in [9.17, 15) is 0 Å². The molecule has 0 saturated carbocycles. The van der Waals surface area contributed by atoms with Gasteiger partial charge in [-0.15, -0.1) is 0 Å². The molecule has 18 heavy (non-hydrogen) atoms. The van der Waals surface area contributed by atoms with Crippen LogP contribution in [0.3, 0.4) is 0 Å². The van der Waals surface area contributed by atoms with Crippen molar-refractivity contribution in [3.05, 3.63) is 18.4 Å². The molecule has 106 valence electrons. The normalized spacial score (nSPS) is 11.3. The molecule has 1 aromatic rings. The van der Waals surface area contributed by atoms with E-state index in [1.54, 1.807) is 0 Å². The van der Waals surface area contributed by atoms with Crippen molar-refractivity contribution in [3.63, 3.8) is 0 Å². The Morgan fingerprint density at radius 1 is 1.11 bits per heavy atom. The lowest BCUT2D eigenvalue weighted by Crippen LogP contribution is -3.00. The molecule has 2 nitrogen and oxygen atoms in total. The molecule has 0 aliphatic carbocycles. The third kappa shape index (κ3) is 5.03. The van der Waals surface area contributed by atoms with Crippen molar-refractivity contribution in [2.75, 3.05) is 0 Å². The number of hydrogen-bond acceptors (Lipinski definition) is 1. The smallest absolute Gasteiger partial charge is 0.334 e. The lowest BCUT2D eigenvalue weighted by Gasteiger charge is -2.27. The van der Waals surface area contributed by atoms with Gasteiger partial charge in [0, 0.05) is 13.3 Å². The fourth-order valence-corrected chi connectivity index (χ4v) is 6.21. The van der Waals surface area contributed by atoms with Crippen LogP contribution in [0.5, 0.6) is 0 Å². The van der Waals surface area contributed by atoms with Crippen LogP contribution in [0.25, 0.3) is 0 Å². The molecule has 0 amide bonds. The predicted octanol–water partition coefficient (Wildman–Crippen LogP) is 1.17. The first-order chi connectivity index (χ1) is 8.17. The van der Waals surface area contributed by atoms with Gasteiger partial charge in [-0.3, -0.25) is 0 Å². The third-order valence-corrected chi connectivity index (χ3v) is 10.4. The van der Waals surface area contributed by atoms with Gasteiger partial charge in [-0.25, -0.2) is 0 Å². The fourth-order valence-electron chi connectivity index (χ4n) is 2.64. The molecular weight excluding hydrogens is 353 g/mol. The molecule has 0 N–H and O–H groups in total. The second-order valence-electron chi connectivity index (χ2n) is 5.21. The summed E-state index contributed by atoms with van der Waals surface area (Å²) in [6.45, 7) is 10.4. The van der Waals surface area contributed by atoms with Gasteiger partial charge in [-0.2, -0.15) is 4.57 Å². The van der Waals surface area contributed by atoms with Crippen LogP contribution in [0.4, 0.5) is 0 Å². The van der Waals surface area contributed by atoms with Crippen molar-refractivity contribution in [1.29, 1.82) is 0 Å². The summed E-state index contributed by atoms with van der Waals surface area (Å²) in [5.41, 5.74) is 1.23. The predicted molar refractivity (Wildman–Crippen MR) is 74.9 cm³/mol. The molecule has 1 heterocycles. The minimum Gasteiger partial charge on any atom is -1.00 e. The molecule has 0 aliphatic heterocycles. The van der Waals surface area contributed by atoms with Gasteiger partial charge in [0.2, 0.25) is 5.69 Å². The SMILES string of the molecule is CC[Si](CC)(CC)CCCC[n+]1cocc1C.[I-]. The summed E-state index contributed by atoms with van der Waals surface area (Å²) in [6.07, 6.45) is 6.34. The van der Waals surface area contributed by atoms with E-state index in [0.717, 1.165) is 6.54 Å². The van der Waals surface area contributed by atoms with Crippen molar-refractivity contribution < 1.29 is 33.0 Å². The Bertz CT molecular complexity index is 315. The van der Waals surface area contributed by atoms with Crippen LogP contribution in [-0.4, -0.2) is 8.07 Å². The maximum absolute atomic E-state index is 5.18. The van der Waals surface area contributed by atoms with Crippen molar-refractivity contribution >= 4 is 8.07 Å². The van der Waals surface area contributed by atoms with Crippen LogP contribution >= 0.6 is 0 Å². The van der Waals surface area contributed by atoms with Crippen LogP contribution in [0, 0.1) is 6.92 Å². The van der Waals surface area contributed by atoms with E-state index in [2.05, 4.69) is 32.3 Å². The molecular formula is C14H28INOSi. The highest BCUT2D eigenvalue weighted by Crippen LogP contribution is 2.27. The Balaban J connectivity index is 0.00000289. The van der Waals surface area contributed by atoms with E-state index < -0.39 is 8.07 Å². The Morgan fingerprint density at radius 2 is 1.72 bits per heavy atom. The molecule has 0 bridgehead atoms. The number of aryl methyl sites for hydroxylation is 2. The van der Waals surface area contributed by atoms with Crippen molar-refractivity contribution in [3.8, 4) is 0 Å². The monoisotopic (exact) mass is 381 g/mol. The Morgan fingerprint density at radius 3 is 2.17 bits per heavy atom. The summed E-state index contributed by atoms with van der Waals surface area (Å²) in [7, 11) is -0.886. The van der Waals surface area contributed by atoms with Crippen LogP contribution in [-0.2, 0) is 6.54 Å². The molecule has 0 atom stereocenters. The molecule has 0 fully saturated rings. The second kappa shape index (κ2) is 9.12. The van der Waals surface area contributed by atoms with E-state index in [0.29, 0.717) is 0 Å². The van der Waals surface area contributed by atoms with Gasteiger partial charge in [0.05, 0.1) is 8.07 Å². The number of hydrogen-bond donors (Lipinski definition) is 0. The number of aromatic nitrogens is 1. The zero-order chi connectivity index (χ0) is 12.7. The average Bonchev–Trinajstić information content (AvgIpc) is 2.76. The van der Waals surface area contributed by atoms with Gasteiger partial charge >= 0.3 is 6.39 Å². The van der Waals surface area contributed by atoms with Crippen LogP contribution in [0.15, 0.2) is 17.1 Å². The standard InChI is InChI=1S/C14H28NOSi.HI/c1-5-17(6-2,7-3)11-9-8-10-15-13-16-12-14(15)4;/h12-13H,5-11H2,1-4H3;1H/q+1;/p-1. The van der Waals surface area contributed by atoms with Crippen molar-refractivity contribution in [2.45, 2.75) is 71.3 Å². The highest BCUT2D eigenvalue weighted by molar-refractivity contribution is 6.79. The molecule has 0 saturated heterocycles. The van der Waals surface area contributed by atoms with Gasteiger partial charge in [0.15, 0.2) is 12.8 Å². The first-order valence-corrected chi connectivity index (χ1v) is 9.92. The first-order valence-electron chi connectivity index (χ1n) is 7.09. The topological polar surface area (TPSA) is 17.0 Å². The fraction of sp³-hybridized carbons (Fsp3) is 0.786. The Hall–Kier alpha value is 0.157. The van der Waals surface area contributed by atoms with Gasteiger partial charge in [0.1, 0.15) is 0 Å². The van der Waals surface area contributed by atoms with E-state index in [1.807, 2.05) is 12.7 Å². The first kappa shape index (κ1) is 18.2. The van der Waals surface area contributed by atoms with E-state index in [4.69, 9.17) is 4.42 Å². The molecule has 0 aliphatic rings. The average molecular weight is 381 g/mol. The molecule has 0 radical (unpaired) electrons. The summed E-state index contributed by atoms with van der Waals surface area (Å²) in [4.78, 5) is 0. The number of nitrogens with zero attached hydrogens (tertiary/aromatic N) is 1. The number of oxazole rings is 1. The quantitative estimate of drug-likeness (QED) is 0.286. The summed E-state index contributed by atoms with van der Waals surface area (Å²) in [5, 5.41) is 0. The molecule has 0 spiro atoms. The van der Waals surface area contributed by atoms with E-state index in [-0.39, 0.29) is 24.0 Å². The minimum absolute atomic E-state index is 0. The maximum Gasteiger partial charge on any atom is 0.334 e. The number of halogens is 1. The highest BCUT2D eigenvalue weighted by Gasteiger charge is 2.25. The highest BCUT2D eigenvalue weighted by atomic mass is 127. The molecule has 1 aromatic heterocycles. The summed E-state index contributed by atoms with van der Waals surface area (Å²) < 4.78 is 7.39. The van der Waals surface area contributed by atoms with Crippen LogP contribution < -0.4 is 28.5 Å². The third-order valence-electron chi connectivity index (χ3n) is 4.49. The zero-order valence-electron chi connectivity index (χ0n) is 12.3. The number of rotatable bonds is 8. The Kier molecular flexibility index (Phi) is 9.20. The molecule has 4 heteroatoms. The maximum atomic E-state index is 5.18. The van der Waals surface area contributed by atoms with Gasteiger partial charge < -0.3 is 28.4 Å². The van der Waals surface area contributed by atoms with Gasteiger partial charge in [0.25, 0.3) is 0 Å². The Labute approximate surface area is 130 Å². The largest absolute Gasteiger partial charge is 1.00 e. The minimum atomic E-state index is -0.886. The zero-order valence-corrected chi connectivity index (χ0v) is 15.5. The van der Waals surface area contributed by atoms with Gasteiger partial charge in [-0.1, -0.05) is 44.9 Å². The lowest BCUT2D eigenvalue weighted by molar-refractivity contribution is -0.705. The molecule has 0 unspecified atom stereocenters.